The van der Waals surface area contributed by atoms with Crippen LogP contribution in [-0.2, 0) is 11.3 Å². The maximum atomic E-state index is 10.2. The molecule has 2 N–H and O–H groups in total. The lowest BCUT2D eigenvalue weighted by Crippen LogP contribution is -1.99. The normalized spacial score (nSPS) is 9.65. The third-order valence-electron chi connectivity index (χ3n) is 2.45. The van der Waals surface area contributed by atoms with Crippen molar-refractivity contribution in [2.75, 3.05) is 10.6 Å². The molecule has 0 saturated heterocycles. The van der Waals surface area contributed by atoms with Gasteiger partial charge in [0, 0.05) is 17.9 Å². The molecule has 0 bridgehead atoms. The van der Waals surface area contributed by atoms with Crippen molar-refractivity contribution in [1.29, 1.82) is 0 Å². The van der Waals surface area contributed by atoms with Gasteiger partial charge in [-0.15, -0.1) is 0 Å². The predicted octanol–water partition coefficient (Wildman–Crippen LogP) is 2.87. The Bertz CT molecular complexity index is 465. The lowest BCUT2D eigenvalue weighted by Gasteiger charge is -2.07. The van der Waals surface area contributed by atoms with E-state index in [-0.39, 0.29) is 0 Å². The monoisotopic (exact) mass is 226 g/mol. The number of carbonyl (C=O) groups excluding carboxylic acids is 1. The lowest BCUT2D eigenvalue weighted by atomic mass is 10.2. The van der Waals surface area contributed by atoms with Crippen LogP contribution < -0.4 is 10.6 Å². The van der Waals surface area contributed by atoms with Gasteiger partial charge in [0.25, 0.3) is 0 Å². The van der Waals surface area contributed by atoms with Crippen molar-refractivity contribution in [1.82, 2.24) is 0 Å². The van der Waals surface area contributed by atoms with Crippen LogP contribution in [0.4, 0.5) is 11.4 Å². The smallest absolute Gasteiger partial charge is 0.211 e. The third-order valence-corrected chi connectivity index (χ3v) is 2.45. The first kappa shape index (κ1) is 11.2. The van der Waals surface area contributed by atoms with Gasteiger partial charge in [-0.2, -0.15) is 0 Å². The summed E-state index contributed by atoms with van der Waals surface area (Å²) in [6.45, 7) is 0.793. The van der Waals surface area contributed by atoms with Gasteiger partial charge in [-0.3, -0.25) is 4.79 Å². The summed E-state index contributed by atoms with van der Waals surface area (Å²) in [6.07, 6.45) is 0.673. The fourth-order valence-corrected chi connectivity index (χ4v) is 1.55. The average molecular weight is 226 g/mol. The molecule has 86 valence electrons. The molecule has 0 fully saturated rings. The van der Waals surface area contributed by atoms with Gasteiger partial charge in [-0.05, 0) is 29.8 Å². The summed E-state index contributed by atoms with van der Waals surface area (Å²) in [5, 5.41) is 5.91. The van der Waals surface area contributed by atoms with Crippen LogP contribution in [0.2, 0.25) is 0 Å². The van der Waals surface area contributed by atoms with Gasteiger partial charge in [-0.1, -0.05) is 30.3 Å². The first-order valence-corrected chi connectivity index (χ1v) is 5.46. The van der Waals surface area contributed by atoms with E-state index < -0.39 is 0 Å². The number of carbonyl (C=O) groups is 1. The molecule has 2 aromatic carbocycles. The Labute approximate surface area is 100 Å². The maximum absolute atomic E-state index is 10.2. The van der Waals surface area contributed by atoms with Crippen molar-refractivity contribution in [3.05, 3.63) is 60.2 Å². The number of amides is 1. The molecule has 0 radical (unpaired) electrons. The van der Waals surface area contributed by atoms with E-state index in [2.05, 4.69) is 22.8 Å². The molecule has 0 aliphatic heterocycles. The number of anilines is 2. The number of rotatable bonds is 5. The molecule has 0 aliphatic rings. The van der Waals surface area contributed by atoms with E-state index in [1.807, 2.05) is 42.5 Å². The van der Waals surface area contributed by atoms with E-state index in [0.29, 0.717) is 6.41 Å². The fraction of sp³-hybridized carbons (Fsp3) is 0.0714. The highest BCUT2D eigenvalue weighted by atomic mass is 16.1. The van der Waals surface area contributed by atoms with Gasteiger partial charge in [0.1, 0.15) is 0 Å². The predicted molar refractivity (Wildman–Crippen MR) is 69.9 cm³/mol. The quantitative estimate of drug-likeness (QED) is 0.770. The van der Waals surface area contributed by atoms with Gasteiger partial charge in [-0.25, -0.2) is 0 Å². The van der Waals surface area contributed by atoms with Crippen LogP contribution in [0.5, 0.6) is 0 Å². The Morgan fingerprint density at radius 2 is 1.53 bits per heavy atom. The molecule has 17 heavy (non-hydrogen) atoms. The molecule has 1 amide bonds. The van der Waals surface area contributed by atoms with E-state index >= 15 is 0 Å². The van der Waals surface area contributed by atoms with Crippen molar-refractivity contribution in [3.63, 3.8) is 0 Å². The van der Waals surface area contributed by atoms with E-state index in [1.54, 1.807) is 0 Å². The molecule has 2 rings (SSSR count). The van der Waals surface area contributed by atoms with Crippen LogP contribution in [0.3, 0.4) is 0 Å². The summed E-state index contributed by atoms with van der Waals surface area (Å²) in [4.78, 5) is 10.2. The molecule has 0 spiro atoms. The zero-order chi connectivity index (χ0) is 11.9. The van der Waals surface area contributed by atoms with E-state index in [9.17, 15) is 4.79 Å². The minimum atomic E-state index is 0.673. The van der Waals surface area contributed by atoms with Crippen LogP contribution in [-0.4, -0.2) is 6.41 Å². The molecule has 0 saturated carbocycles. The maximum Gasteiger partial charge on any atom is 0.211 e. The van der Waals surface area contributed by atoms with Crippen molar-refractivity contribution < 1.29 is 4.79 Å². The first-order chi connectivity index (χ1) is 8.38. The average Bonchev–Trinajstić information content (AvgIpc) is 2.40. The minimum Gasteiger partial charge on any atom is -0.381 e. The van der Waals surface area contributed by atoms with Crippen molar-refractivity contribution in [2.45, 2.75) is 6.54 Å². The minimum absolute atomic E-state index is 0.673. The highest BCUT2D eigenvalue weighted by molar-refractivity contribution is 5.72. The van der Waals surface area contributed by atoms with Gasteiger partial charge >= 0.3 is 0 Å². The highest BCUT2D eigenvalue weighted by Gasteiger charge is 1.94. The zero-order valence-corrected chi connectivity index (χ0v) is 9.39. The van der Waals surface area contributed by atoms with Gasteiger partial charge < -0.3 is 10.6 Å². The van der Waals surface area contributed by atoms with E-state index in [1.165, 1.54) is 5.56 Å². The van der Waals surface area contributed by atoms with Gasteiger partial charge in [0.15, 0.2) is 0 Å². The second kappa shape index (κ2) is 5.70. The van der Waals surface area contributed by atoms with E-state index in [4.69, 9.17) is 0 Å². The topological polar surface area (TPSA) is 41.1 Å². The fourth-order valence-electron chi connectivity index (χ4n) is 1.55. The van der Waals surface area contributed by atoms with Crippen molar-refractivity contribution >= 4 is 17.8 Å². The van der Waals surface area contributed by atoms with Crippen molar-refractivity contribution in [3.8, 4) is 0 Å². The number of hydrogen-bond donors (Lipinski definition) is 2. The van der Waals surface area contributed by atoms with E-state index in [0.717, 1.165) is 17.9 Å². The molecule has 3 heteroatoms. The van der Waals surface area contributed by atoms with Gasteiger partial charge in [0.2, 0.25) is 6.41 Å². The summed E-state index contributed by atoms with van der Waals surface area (Å²) in [5.74, 6) is 0. The number of nitrogens with one attached hydrogen (secondary N) is 2. The molecular weight excluding hydrogens is 212 g/mol. The zero-order valence-electron chi connectivity index (χ0n) is 9.39. The highest BCUT2D eigenvalue weighted by Crippen LogP contribution is 2.13. The molecule has 2 aromatic rings. The van der Waals surface area contributed by atoms with Crippen LogP contribution in [0.15, 0.2) is 54.6 Å². The van der Waals surface area contributed by atoms with Crippen LogP contribution in [0, 0.1) is 0 Å². The molecular formula is C14H14N2O. The second-order valence-corrected chi connectivity index (χ2v) is 3.68. The first-order valence-electron chi connectivity index (χ1n) is 5.46. The third kappa shape index (κ3) is 3.34. The Kier molecular flexibility index (Phi) is 3.76. The SMILES string of the molecule is O=CNc1ccc(NCc2ccccc2)cc1. The molecule has 3 nitrogen and oxygen atoms in total. The Morgan fingerprint density at radius 1 is 0.882 bits per heavy atom. The summed E-state index contributed by atoms with van der Waals surface area (Å²) >= 11 is 0. The van der Waals surface area contributed by atoms with Crippen LogP contribution in [0.1, 0.15) is 5.56 Å². The molecule has 0 unspecified atom stereocenters. The number of benzene rings is 2. The summed E-state index contributed by atoms with van der Waals surface area (Å²) in [6, 6.07) is 17.8. The largest absolute Gasteiger partial charge is 0.381 e. The van der Waals surface area contributed by atoms with Crippen LogP contribution >= 0.6 is 0 Å². The van der Waals surface area contributed by atoms with Crippen molar-refractivity contribution in [2.24, 2.45) is 0 Å². The Hall–Kier alpha value is -2.29. The summed E-state index contributed by atoms with van der Waals surface area (Å²) in [7, 11) is 0. The summed E-state index contributed by atoms with van der Waals surface area (Å²) in [5.41, 5.74) is 3.07. The van der Waals surface area contributed by atoms with Crippen LogP contribution in [0.25, 0.3) is 0 Å². The Morgan fingerprint density at radius 3 is 2.18 bits per heavy atom. The number of hydrogen-bond acceptors (Lipinski definition) is 2. The van der Waals surface area contributed by atoms with Gasteiger partial charge in [0.05, 0.1) is 0 Å². The molecule has 0 heterocycles. The summed E-state index contributed by atoms with van der Waals surface area (Å²) < 4.78 is 0. The standard InChI is InChI=1S/C14H14N2O/c17-11-16-14-8-6-13(7-9-14)15-10-12-4-2-1-3-5-12/h1-9,11,15H,10H2,(H,16,17). The Balaban J connectivity index is 1.93. The second-order valence-electron chi connectivity index (χ2n) is 3.68. The molecule has 0 aliphatic carbocycles. The lowest BCUT2D eigenvalue weighted by molar-refractivity contribution is -0.105. The molecule has 0 aromatic heterocycles. The molecule has 0 atom stereocenters.